The van der Waals surface area contributed by atoms with Gasteiger partial charge in [-0.2, -0.15) is 0 Å². The molecule has 0 saturated carbocycles. The van der Waals surface area contributed by atoms with E-state index in [1.807, 2.05) is 0 Å². The second-order valence-corrected chi connectivity index (χ2v) is 7.11. The molecule has 0 spiro atoms. The van der Waals surface area contributed by atoms with Gasteiger partial charge in [0.1, 0.15) is 12.2 Å². The molecule has 1 amide bonds. The smallest absolute Gasteiger partial charge is 0.352 e. The third-order valence-corrected chi connectivity index (χ3v) is 5.14. The van der Waals surface area contributed by atoms with Crippen LogP contribution in [0.1, 0.15) is 17.4 Å². The molecular formula is C12H16N2O5S. The molecule has 20 heavy (non-hydrogen) atoms. The van der Waals surface area contributed by atoms with Crippen LogP contribution in [0.25, 0.3) is 0 Å². The van der Waals surface area contributed by atoms with Crippen LogP contribution in [0.3, 0.4) is 0 Å². The quantitative estimate of drug-likeness (QED) is 0.836. The van der Waals surface area contributed by atoms with E-state index in [1.54, 1.807) is 13.0 Å². The molecule has 1 atom stereocenters. The Kier molecular flexibility index (Phi) is 3.85. The van der Waals surface area contributed by atoms with E-state index in [4.69, 9.17) is 5.11 Å². The van der Waals surface area contributed by atoms with Gasteiger partial charge in [-0.05, 0) is 19.1 Å². The highest BCUT2D eigenvalue weighted by molar-refractivity contribution is 7.91. The van der Waals surface area contributed by atoms with Crippen LogP contribution in [-0.2, 0) is 21.2 Å². The molecule has 1 aliphatic heterocycles. The molecule has 7 nitrogen and oxygen atoms in total. The van der Waals surface area contributed by atoms with E-state index in [0.29, 0.717) is 0 Å². The topological polar surface area (TPSA) is 96.7 Å². The SMILES string of the molecule is CC1CS(=O)(=O)CCN1C(=O)Cn1cccc1C(=O)O. The van der Waals surface area contributed by atoms with Crippen molar-refractivity contribution >= 4 is 21.7 Å². The lowest BCUT2D eigenvalue weighted by Gasteiger charge is -2.33. The second kappa shape index (κ2) is 5.28. The predicted octanol–water partition coefficient (Wildman–Crippen LogP) is -0.168. The summed E-state index contributed by atoms with van der Waals surface area (Å²) in [4.78, 5) is 24.6. The highest BCUT2D eigenvalue weighted by atomic mass is 32.2. The van der Waals surface area contributed by atoms with E-state index in [1.165, 1.54) is 21.7 Å². The minimum atomic E-state index is -3.08. The molecular weight excluding hydrogens is 284 g/mol. The predicted molar refractivity (Wildman–Crippen MR) is 71.2 cm³/mol. The van der Waals surface area contributed by atoms with Crippen molar-refractivity contribution in [2.75, 3.05) is 18.1 Å². The number of nitrogens with zero attached hydrogens (tertiary/aromatic N) is 2. The Balaban J connectivity index is 2.09. The zero-order valence-corrected chi connectivity index (χ0v) is 11.8. The first-order valence-corrected chi connectivity index (χ1v) is 8.00. The van der Waals surface area contributed by atoms with Crippen LogP contribution in [0.4, 0.5) is 0 Å². The lowest BCUT2D eigenvalue weighted by Crippen LogP contribution is -2.50. The number of carboxylic acids is 1. The molecule has 1 aromatic rings. The molecule has 1 aliphatic rings. The number of carbonyl (C=O) groups excluding carboxylic acids is 1. The number of aromatic nitrogens is 1. The van der Waals surface area contributed by atoms with Crippen LogP contribution in [0.15, 0.2) is 18.3 Å². The summed E-state index contributed by atoms with van der Waals surface area (Å²) in [5.41, 5.74) is 0.0376. The summed E-state index contributed by atoms with van der Waals surface area (Å²) in [5, 5.41) is 8.97. The highest BCUT2D eigenvalue weighted by Crippen LogP contribution is 2.13. The van der Waals surface area contributed by atoms with Crippen molar-refractivity contribution in [2.24, 2.45) is 0 Å². The Morgan fingerprint density at radius 1 is 1.45 bits per heavy atom. The number of amides is 1. The normalized spacial score (nSPS) is 21.6. The molecule has 0 radical (unpaired) electrons. The minimum absolute atomic E-state index is 0.0376. The van der Waals surface area contributed by atoms with Gasteiger partial charge in [-0.3, -0.25) is 4.79 Å². The monoisotopic (exact) mass is 300 g/mol. The number of sulfone groups is 1. The van der Waals surface area contributed by atoms with E-state index in [-0.39, 0.29) is 42.2 Å². The molecule has 0 bridgehead atoms. The summed E-state index contributed by atoms with van der Waals surface area (Å²) >= 11 is 0. The van der Waals surface area contributed by atoms with Crippen molar-refractivity contribution in [2.45, 2.75) is 19.5 Å². The van der Waals surface area contributed by atoms with Crippen LogP contribution in [-0.4, -0.2) is 59.0 Å². The summed E-state index contributed by atoms with van der Waals surface area (Å²) in [7, 11) is -3.08. The van der Waals surface area contributed by atoms with Gasteiger partial charge in [-0.1, -0.05) is 0 Å². The Hall–Kier alpha value is -1.83. The fraction of sp³-hybridized carbons (Fsp3) is 0.500. The van der Waals surface area contributed by atoms with Gasteiger partial charge in [0.25, 0.3) is 0 Å². The molecule has 1 saturated heterocycles. The Morgan fingerprint density at radius 2 is 2.15 bits per heavy atom. The second-order valence-electron chi connectivity index (χ2n) is 4.88. The summed E-state index contributed by atoms with van der Waals surface area (Å²) in [6.45, 7) is 1.74. The molecule has 0 aromatic carbocycles. The van der Waals surface area contributed by atoms with E-state index in [2.05, 4.69) is 0 Å². The highest BCUT2D eigenvalue weighted by Gasteiger charge is 2.31. The third-order valence-electron chi connectivity index (χ3n) is 3.34. The molecule has 1 aromatic heterocycles. The van der Waals surface area contributed by atoms with Crippen LogP contribution < -0.4 is 0 Å². The van der Waals surface area contributed by atoms with Gasteiger partial charge >= 0.3 is 5.97 Å². The zero-order valence-electron chi connectivity index (χ0n) is 11.0. The molecule has 1 unspecified atom stereocenters. The van der Waals surface area contributed by atoms with E-state index < -0.39 is 15.8 Å². The Morgan fingerprint density at radius 3 is 2.75 bits per heavy atom. The average molecular weight is 300 g/mol. The van der Waals surface area contributed by atoms with Gasteiger partial charge in [0, 0.05) is 18.8 Å². The van der Waals surface area contributed by atoms with Crippen molar-refractivity contribution in [3.05, 3.63) is 24.0 Å². The standard InChI is InChI=1S/C12H16N2O5S/c1-9-8-20(18,19)6-5-14(9)11(15)7-13-4-2-3-10(13)12(16)17/h2-4,9H,5-8H2,1H3,(H,16,17). The summed E-state index contributed by atoms with van der Waals surface area (Å²) in [5.74, 6) is -1.46. The number of hydrogen-bond donors (Lipinski definition) is 1. The van der Waals surface area contributed by atoms with Crippen LogP contribution in [0, 0.1) is 0 Å². The summed E-state index contributed by atoms with van der Waals surface area (Å²) in [6, 6.07) is 2.59. The van der Waals surface area contributed by atoms with Crippen molar-refractivity contribution < 1.29 is 23.1 Å². The molecule has 2 heterocycles. The average Bonchev–Trinajstić information content (AvgIpc) is 2.75. The Bertz CT molecular complexity index is 634. The number of rotatable bonds is 3. The molecule has 8 heteroatoms. The van der Waals surface area contributed by atoms with Gasteiger partial charge in [-0.25, -0.2) is 13.2 Å². The van der Waals surface area contributed by atoms with E-state index in [0.717, 1.165) is 0 Å². The largest absolute Gasteiger partial charge is 0.477 e. The third kappa shape index (κ3) is 3.01. The maximum Gasteiger partial charge on any atom is 0.352 e. The summed E-state index contributed by atoms with van der Waals surface area (Å²) in [6.07, 6.45) is 1.52. The van der Waals surface area contributed by atoms with Gasteiger partial charge in [0.15, 0.2) is 9.84 Å². The lowest BCUT2D eigenvalue weighted by atomic mass is 10.3. The van der Waals surface area contributed by atoms with Crippen molar-refractivity contribution in [3.63, 3.8) is 0 Å². The summed E-state index contributed by atoms with van der Waals surface area (Å²) < 4.78 is 24.3. The van der Waals surface area contributed by atoms with Gasteiger partial charge < -0.3 is 14.6 Å². The van der Waals surface area contributed by atoms with Gasteiger partial charge in [0.2, 0.25) is 5.91 Å². The van der Waals surface area contributed by atoms with Gasteiger partial charge in [-0.15, -0.1) is 0 Å². The number of carbonyl (C=O) groups is 2. The maximum atomic E-state index is 12.2. The maximum absolute atomic E-state index is 12.2. The molecule has 110 valence electrons. The fourth-order valence-corrected chi connectivity index (χ4v) is 3.91. The fourth-order valence-electron chi connectivity index (χ4n) is 2.35. The van der Waals surface area contributed by atoms with Crippen molar-refractivity contribution in [3.8, 4) is 0 Å². The van der Waals surface area contributed by atoms with Crippen LogP contribution >= 0.6 is 0 Å². The number of hydrogen-bond acceptors (Lipinski definition) is 4. The van der Waals surface area contributed by atoms with Gasteiger partial charge in [0.05, 0.1) is 11.5 Å². The molecule has 2 rings (SSSR count). The Labute approximate surface area is 116 Å². The first-order chi connectivity index (χ1) is 9.30. The zero-order chi connectivity index (χ0) is 14.9. The van der Waals surface area contributed by atoms with E-state index in [9.17, 15) is 18.0 Å². The number of carboxylic acid groups (broad SMARTS) is 1. The first-order valence-electron chi connectivity index (χ1n) is 6.18. The molecule has 0 aliphatic carbocycles. The number of aromatic carboxylic acids is 1. The molecule has 1 N–H and O–H groups in total. The van der Waals surface area contributed by atoms with E-state index >= 15 is 0 Å². The lowest BCUT2D eigenvalue weighted by molar-refractivity contribution is -0.133. The minimum Gasteiger partial charge on any atom is -0.477 e. The van der Waals surface area contributed by atoms with Crippen molar-refractivity contribution in [1.29, 1.82) is 0 Å². The van der Waals surface area contributed by atoms with Crippen molar-refractivity contribution in [1.82, 2.24) is 9.47 Å². The van der Waals surface area contributed by atoms with Crippen LogP contribution in [0.5, 0.6) is 0 Å². The van der Waals surface area contributed by atoms with Crippen LogP contribution in [0.2, 0.25) is 0 Å². The molecule has 1 fully saturated rings. The first kappa shape index (κ1) is 14.6.